The molecule has 0 radical (unpaired) electrons. The number of aliphatic hydroxyl groups is 1. The van der Waals surface area contributed by atoms with Crippen LogP contribution in [0.1, 0.15) is 5.56 Å². The Labute approximate surface area is 178 Å². The number of aromatic nitrogens is 3. The van der Waals surface area contributed by atoms with Crippen LogP contribution in [0.25, 0.3) is 31.7 Å². The Kier molecular flexibility index (Phi) is 5.20. The van der Waals surface area contributed by atoms with Crippen LogP contribution < -0.4 is 15.0 Å². The minimum Gasteiger partial charge on any atom is -0.461 e. The highest BCUT2D eigenvalue weighted by Gasteiger charge is 2.22. The quantitative estimate of drug-likeness (QED) is 0.512. The van der Waals surface area contributed by atoms with Gasteiger partial charge in [0.25, 0.3) is 0 Å². The molecule has 1 aromatic carbocycles. The van der Waals surface area contributed by atoms with Crippen molar-refractivity contribution in [2.75, 3.05) is 44.3 Å². The van der Waals surface area contributed by atoms with Crippen LogP contribution in [0.5, 0.6) is 6.01 Å². The molecular formula is C22H23N5O2S. The van der Waals surface area contributed by atoms with E-state index >= 15 is 0 Å². The molecule has 4 heterocycles. The summed E-state index contributed by atoms with van der Waals surface area (Å²) in [5, 5.41) is 13.6. The molecule has 3 aromatic heterocycles. The summed E-state index contributed by atoms with van der Waals surface area (Å²) in [6.07, 6.45) is 0. The number of aliphatic hydroxyl groups excluding tert-OH is 1. The van der Waals surface area contributed by atoms with Gasteiger partial charge in [0.15, 0.2) is 5.82 Å². The summed E-state index contributed by atoms with van der Waals surface area (Å²) in [7, 11) is 0. The van der Waals surface area contributed by atoms with Crippen LogP contribution in [0.3, 0.4) is 0 Å². The topological polar surface area (TPSA) is 83.4 Å². The summed E-state index contributed by atoms with van der Waals surface area (Å²) >= 11 is 1.63. The Bertz CT molecular complexity index is 1190. The number of anilines is 1. The Hall–Kier alpha value is -2.81. The highest BCUT2D eigenvalue weighted by atomic mass is 32.1. The lowest BCUT2D eigenvalue weighted by molar-refractivity contribution is 0.192. The molecule has 1 aliphatic rings. The number of nitrogens with zero attached hydrogens (tertiary/aromatic N) is 4. The Morgan fingerprint density at radius 1 is 1.13 bits per heavy atom. The van der Waals surface area contributed by atoms with Crippen molar-refractivity contribution >= 4 is 37.6 Å². The van der Waals surface area contributed by atoms with Gasteiger partial charge in [0, 0.05) is 37.1 Å². The maximum atomic E-state index is 9.17. The highest BCUT2D eigenvalue weighted by Crippen LogP contribution is 2.40. The van der Waals surface area contributed by atoms with Gasteiger partial charge in [-0.15, -0.1) is 11.3 Å². The number of hydrogen-bond donors (Lipinski definition) is 2. The van der Waals surface area contributed by atoms with Crippen molar-refractivity contribution < 1.29 is 9.84 Å². The van der Waals surface area contributed by atoms with Crippen LogP contribution >= 0.6 is 11.3 Å². The van der Waals surface area contributed by atoms with Crippen molar-refractivity contribution in [3.8, 4) is 17.3 Å². The minimum absolute atomic E-state index is 0.0736. The molecular weight excluding hydrogens is 398 g/mol. The summed E-state index contributed by atoms with van der Waals surface area (Å²) in [6, 6.07) is 12.6. The number of hydrogen-bond acceptors (Lipinski definition) is 8. The van der Waals surface area contributed by atoms with Crippen molar-refractivity contribution in [2.45, 2.75) is 6.92 Å². The molecule has 0 aliphatic carbocycles. The molecule has 0 bridgehead atoms. The van der Waals surface area contributed by atoms with Gasteiger partial charge in [0.1, 0.15) is 17.0 Å². The van der Waals surface area contributed by atoms with Crippen LogP contribution in [-0.4, -0.2) is 59.5 Å². The van der Waals surface area contributed by atoms with E-state index < -0.39 is 0 Å². The van der Waals surface area contributed by atoms with Crippen molar-refractivity contribution in [1.82, 2.24) is 20.3 Å². The first-order valence-corrected chi connectivity index (χ1v) is 10.9. The first kappa shape index (κ1) is 19.2. The van der Waals surface area contributed by atoms with Gasteiger partial charge < -0.3 is 20.1 Å². The van der Waals surface area contributed by atoms with Gasteiger partial charge in [0.05, 0.1) is 17.0 Å². The molecule has 154 valence electrons. The first-order chi connectivity index (χ1) is 14.7. The molecule has 0 atom stereocenters. The van der Waals surface area contributed by atoms with E-state index in [9.17, 15) is 0 Å². The fourth-order valence-electron chi connectivity index (χ4n) is 3.83. The average molecular weight is 422 g/mol. The van der Waals surface area contributed by atoms with Crippen LogP contribution in [-0.2, 0) is 0 Å². The predicted molar refractivity (Wildman–Crippen MR) is 121 cm³/mol. The van der Waals surface area contributed by atoms with Crippen molar-refractivity contribution in [2.24, 2.45) is 0 Å². The van der Waals surface area contributed by atoms with Gasteiger partial charge in [-0.2, -0.15) is 9.97 Å². The fraction of sp³-hybridized carbons (Fsp3) is 0.318. The number of ether oxygens (including phenoxy) is 1. The second-order valence-electron chi connectivity index (χ2n) is 7.29. The third-order valence-corrected chi connectivity index (χ3v) is 6.32. The van der Waals surface area contributed by atoms with Crippen LogP contribution in [0, 0.1) is 6.92 Å². The summed E-state index contributed by atoms with van der Waals surface area (Å²) in [5.41, 5.74) is 4.06. The zero-order chi connectivity index (χ0) is 20.5. The number of aryl methyl sites for hydroxylation is 1. The maximum Gasteiger partial charge on any atom is 0.319 e. The summed E-state index contributed by atoms with van der Waals surface area (Å²) in [6.45, 7) is 5.78. The molecule has 30 heavy (non-hydrogen) atoms. The molecule has 1 saturated heterocycles. The SMILES string of the molecule is Cc1cc(-c2ccccc2)nc2sc3c(N4CCNCC4)nc(OCCO)nc3c12. The first-order valence-electron chi connectivity index (χ1n) is 10.1. The monoisotopic (exact) mass is 421 g/mol. The van der Waals surface area contributed by atoms with Gasteiger partial charge in [-0.1, -0.05) is 30.3 Å². The second-order valence-corrected chi connectivity index (χ2v) is 8.29. The minimum atomic E-state index is -0.0736. The second kappa shape index (κ2) is 8.14. The summed E-state index contributed by atoms with van der Waals surface area (Å²) in [5.74, 6) is 0.887. The molecule has 0 saturated carbocycles. The van der Waals surface area contributed by atoms with E-state index in [1.165, 1.54) is 0 Å². The molecule has 7 nitrogen and oxygen atoms in total. The van der Waals surface area contributed by atoms with Gasteiger partial charge >= 0.3 is 6.01 Å². The maximum absolute atomic E-state index is 9.17. The number of fused-ring (bicyclic) bond motifs is 3. The zero-order valence-corrected chi connectivity index (χ0v) is 17.6. The number of piperazine rings is 1. The van der Waals surface area contributed by atoms with E-state index in [-0.39, 0.29) is 13.2 Å². The van der Waals surface area contributed by atoms with Gasteiger partial charge in [-0.05, 0) is 18.6 Å². The van der Waals surface area contributed by atoms with E-state index in [0.29, 0.717) is 6.01 Å². The molecule has 8 heteroatoms. The number of benzene rings is 1. The molecule has 1 fully saturated rings. The third-order valence-electron chi connectivity index (χ3n) is 5.25. The smallest absolute Gasteiger partial charge is 0.319 e. The normalized spacial score (nSPS) is 14.5. The summed E-state index contributed by atoms with van der Waals surface area (Å²) < 4.78 is 6.65. The van der Waals surface area contributed by atoms with Gasteiger partial charge in [-0.3, -0.25) is 0 Å². The van der Waals surface area contributed by atoms with Crippen LogP contribution in [0.15, 0.2) is 36.4 Å². The van der Waals surface area contributed by atoms with Crippen LogP contribution in [0.2, 0.25) is 0 Å². The lowest BCUT2D eigenvalue weighted by Crippen LogP contribution is -2.44. The van der Waals surface area contributed by atoms with Crippen LogP contribution in [0.4, 0.5) is 5.82 Å². The molecule has 5 rings (SSSR count). The molecule has 2 N–H and O–H groups in total. The van der Waals surface area contributed by atoms with E-state index in [4.69, 9.17) is 24.8 Å². The number of thiophene rings is 1. The third kappa shape index (κ3) is 3.47. The van der Waals surface area contributed by atoms with Gasteiger partial charge in [-0.25, -0.2) is 4.98 Å². The fourth-order valence-corrected chi connectivity index (χ4v) is 5.04. The predicted octanol–water partition coefficient (Wildman–Crippen LogP) is 3.00. The lowest BCUT2D eigenvalue weighted by Gasteiger charge is -2.28. The average Bonchev–Trinajstić information content (AvgIpc) is 3.17. The van der Waals surface area contributed by atoms with Crippen molar-refractivity contribution in [3.63, 3.8) is 0 Å². The number of rotatable bonds is 5. The molecule has 0 spiro atoms. The largest absolute Gasteiger partial charge is 0.461 e. The standard InChI is InChI=1S/C22H23N5O2S/c1-14-13-16(15-5-3-2-4-6-15)24-21-17(14)18-19(30-21)20(27-9-7-23-8-10-27)26-22(25-18)29-12-11-28/h2-6,13,23,28H,7-12H2,1H3. The Balaban J connectivity index is 1.72. The van der Waals surface area contributed by atoms with E-state index in [1.807, 2.05) is 18.2 Å². The number of nitrogens with one attached hydrogen (secondary N) is 1. The molecule has 1 aliphatic heterocycles. The van der Waals surface area contributed by atoms with Crippen molar-refractivity contribution in [1.29, 1.82) is 0 Å². The Morgan fingerprint density at radius 2 is 1.93 bits per heavy atom. The van der Waals surface area contributed by atoms with Crippen molar-refractivity contribution in [3.05, 3.63) is 42.0 Å². The van der Waals surface area contributed by atoms with E-state index in [0.717, 1.165) is 69.3 Å². The van der Waals surface area contributed by atoms with E-state index in [2.05, 4.69) is 35.3 Å². The van der Waals surface area contributed by atoms with Gasteiger partial charge in [0.2, 0.25) is 0 Å². The molecule has 4 aromatic rings. The zero-order valence-electron chi connectivity index (χ0n) is 16.8. The molecule has 0 unspecified atom stereocenters. The highest BCUT2D eigenvalue weighted by molar-refractivity contribution is 7.26. The summed E-state index contributed by atoms with van der Waals surface area (Å²) in [4.78, 5) is 17.6. The Morgan fingerprint density at radius 3 is 2.70 bits per heavy atom. The van der Waals surface area contributed by atoms with E-state index in [1.54, 1.807) is 11.3 Å². The molecule has 0 amide bonds. The lowest BCUT2D eigenvalue weighted by atomic mass is 10.1. The number of pyridine rings is 1.